The zero-order chi connectivity index (χ0) is 13.3. The van der Waals surface area contributed by atoms with Crippen LogP contribution in [0.5, 0.6) is 0 Å². The highest BCUT2D eigenvalue weighted by Crippen LogP contribution is 2.69. The second kappa shape index (κ2) is 3.50. The fourth-order valence-electron chi connectivity index (χ4n) is 4.41. The molecule has 1 aliphatic heterocycles. The molecule has 1 heterocycles. The second-order valence-corrected chi connectivity index (χ2v) is 7.69. The lowest BCUT2D eigenvalue weighted by Gasteiger charge is -2.19. The topological polar surface area (TPSA) is 40.5 Å². The van der Waals surface area contributed by atoms with Gasteiger partial charge in [0.05, 0.1) is 6.10 Å². The van der Waals surface area contributed by atoms with E-state index in [0.29, 0.717) is 17.7 Å². The van der Waals surface area contributed by atoms with Crippen molar-refractivity contribution in [3.8, 4) is 0 Å². The van der Waals surface area contributed by atoms with Gasteiger partial charge in [0.1, 0.15) is 0 Å². The predicted molar refractivity (Wildman–Crippen MR) is 69.9 cm³/mol. The number of rotatable bonds is 1. The number of nitrogens with zero attached hydrogens (tertiary/aromatic N) is 1. The van der Waals surface area contributed by atoms with E-state index in [9.17, 15) is 9.90 Å². The third-order valence-corrected chi connectivity index (χ3v) is 6.40. The number of likely N-dealkylation sites (tertiary alicyclic amines) is 1. The second-order valence-electron chi connectivity index (χ2n) is 7.69. The van der Waals surface area contributed by atoms with Crippen LogP contribution in [0, 0.1) is 28.6 Å². The number of carbonyl (C=O) groups is 1. The summed E-state index contributed by atoms with van der Waals surface area (Å²) in [5.74, 6) is 1.39. The van der Waals surface area contributed by atoms with Gasteiger partial charge in [-0.15, -0.1) is 0 Å². The first kappa shape index (κ1) is 12.5. The Morgan fingerprint density at radius 2 is 1.72 bits per heavy atom. The first-order chi connectivity index (χ1) is 8.26. The fraction of sp³-hybridized carbons (Fsp3) is 0.933. The number of hydrogen-bond donors (Lipinski definition) is 1. The van der Waals surface area contributed by atoms with Crippen LogP contribution in [0.4, 0.5) is 0 Å². The lowest BCUT2D eigenvalue weighted by Crippen LogP contribution is -2.33. The van der Waals surface area contributed by atoms with Crippen LogP contribution >= 0.6 is 0 Å². The number of aliphatic hydroxyl groups excluding tert-OH is 1. The number of aliphatic hydroxyl groups is 1. The Bertz CT molecular complexity index is 374. The SMILES string of the molecule is CC1(C)C(C(=O)N2CC3CCC(O)C3C2)C1(C)C. The molecule has 3 atom stereocenters. The molecule has 3 aliphatic rings. The summed E-state index contributed by atoms with van der Waals surface area (Å²) >= 11 is 0. The summed E-state index contributed by atoms with van der Waals surface area (Å²) in [6, 6.07) is 0. The van der Waals surface area contributed by atoms with Crippen LogP contribution in [0.3, 0.4) is 0 Å². The molecule has 3 fully saturated rings. The normalized spacial score (nSPS) is 40.9. The molecule has 3 rings (SSSR count). The predicted octanol–water partition coefficient (Wildman–Crippen LogP) is 1.90. The molecular formula is C15H25NO2. The van der Waals surface area contributed by atoms with E-state index >= 15 is 0 Å². The van der Waals surface area contributed by atoms with Crippen molar-refractivity contribution in [3.05, 3.63) is 0 Å². The van der Waals surface area contributed by atoms with Gasteiger partial charge in [0.15, 0.2) is 0 Å². The van der Waals surface area contributed by atoms with Gasteiger partial charge in [0, 0.05) is 24.9 Å². The van der Waals surface area contributed by atoms with E-state index < -0.39 is 0 Å². The fourth-order valence-corrected chi connectivity index (χ4v) is 4.41. The lowest BCUT2D eigenvalue weighted by molar-refractivity contribution is -0.133. The molecule has 0 radical (unpaired) electrons. The summed E-state index contributed by atoms with van der Waals surface area (Å²) in [6.07, 6.45) is 1.85. The lowest BCUT2D eigenvalue weighted by atomic mass is 10.00. The molecule has 2 saturated carbocycles. The van der Waals surface area contributed by atoms with Crippen molar-refractivity contribution < 1.29 is 9.90 Å². The number of fused-ring (bicyclic) bond motifs is 1. The molecule has 102 valence electrons. The zero-order valence-electron chi connectivity index (χ0n) is 11.9. The summed E-state index contributed by atoms with van der Waals surface area (Å²) < 4.78 is 0. The van der Waals surface area contributed by atoms with E-state index in [0.717, 1.165) is 25.9 Å². The van der Waals surface area contributed by atoms with Crippen LogP contribution in [0.25, 0.3) is 0 Å². The Morgan fingerprint density at radius 1 is 1.11 bits per heavy atom. The minimum Gasteiger partial charge on any atom is -0.393 e. The standard InChI is InChI=1S/C15H25NO2/c1-14(2)12(15(14,3)4)13(18)16-7-9-5-6-11(17)10(9)8-16/h9-12,17H,5-8H2,1-4H3. The smallest absolute Gasteiger partial charge is 0.226 e. The highest BCUT2D eigenvalue weighted by Gasteiger charge is 2.69. The molecule has 1 saturated heterocycles. The summed E-state index contributed by atoms with van der Waals surface area (Å²) in [4.78, 5) is 14.6. The van der Waals surface area contributed by atoms with Crippen LogP contribution < -0.4 is 0 Å². The first-order valence-electron chi connectivity index (χ1n) is 7.23. The molecule has 0 aromatic carbocycles. The average molecular weight is 251 g/mol. The van der Waals surface area contributed by atoms with E-state index in [2.05, 4.69) is 27.7 Å². The molecule has 1 N–H and O–H groups in total. The van der Waals surface area contributed by atoms with Gasteiger partial charge in [-0.25, -0.2) is 0 Å². The maximum atomic E-state index is 12.6. The Morgan fingerprint density at radius 3 is 2.22 bits per heavy atom. The molecule has 0 aromatic heterocycles. The number of carbonyl (C=O) groups excluding carboxylic acids is 1. The highest BCUT2D eigenvalue weighted by atomic mass is 16.3. The summed E-state index contributed by atoms with van der Waals surface area (Å²) in [5, 5.41) is 9.92. The Hall–Kier alpha value is -0.570. The van der Waals surface area contributed by atoms with Crippen LogP contribution in [-0.2, 0) is 4.79 Å². The third kappa shape index (κ3) is 1.43. The van der Waals surface area contributed by atoms with Crippen LogP contribution in [0.2, 0.25) is 0 Å². The Labute approximate surface area is 110 Å². The zero-order valence-corrected chi connectivity index (χ0v) is 11.9. The molecule has 3 unspecified atom stereocenters. The van der Waals surface area contributed by atoms with Crippen molar-refractivity contribution in [2.75, 3.05) is 13.1 Å². The minimum absolute atomic E-state index is 0.125. The first-order valence-corrected chi connectivity index (χ1v) is 7.23. The van der Waals surface area contributed by atoms with Gasteiger partial charge in [-0.05, 0) is 29.6 Å². The van der Waals surface area contributed by atoms with E-state index in [4.69, 9.17) is 0 Å². The van der Waals surface area contributed by atoms with E-state index in [1.54, 1.807) is 0 Å². The van der Waals surface area contributed by atoms with Gasteiger partial charge >= 0.3 is 0 Å². The van der Waals surface area contributed by atoms with Gasteiger partial charge < -0.3 is 10.0 Å². The van der Waals surface area contributed by atoms with Crippen molar-refractivity contribution in [2.24, 2.45) is 28.6 Å². The van der Waals surface area contributed by atoms with E-state index in [1.165, 1.54) is 0 Å². The minimum atomic E-state index is -0.173. The van der Waals surface area contributed by atoms with Crippen molar-refractivity contribution in [2.45, 2.75) is 46.6 Å². The summed E-state index contributed by atoms with van der Waals surface area (Å²) in [5.41, 5.74) is 0.251. The van der Waals surface area contributed by atoms with Crippen LogP contribution in [0.1, 0.15) is 40.5 Å². The molecule has 0 aromatic rings. The van der Waals surface area contributed by atoms with Crippen LogP contribution in [-0.4, -0.2) is 35.1 Å². The maximum Gasteiger partial charge on any atom is 0.226 e. The maximum absolute atomic E-state index is 12.6. The summed E-state index contributed by atoms with van der Waals surface area (Å²) in [6.45, 7) is 10.4. The largest absolute Gasteiger partial charge is 0.393 e. The number of amides is 1. The Kier molecular flexibility index (Phi) is 2.42. The van der Waals surface area contributed by atoms with Crippen molar-refractivity contribution >= 4 is 5.91 Å². The van der Waals surface area contributed by atoms with Gasteiger partial charge in [-0.3, -0.25) is 4.79 Å². The average Bonchev–Trinajstić information content (AvgIpc) is 2.67. The van der Waals surface area contributed by atoms with Gasteiger partial charge in [-0.1, -0.05) is 27.7 Å². The van der Waals surface area contributed by atoms with Crippen LogP contribution in [0.15, 0.2) is 0 Å². The van der Waals surface area contributed by atoms with Crippen molar-refractivity contribution in [3.63, 3.8) is 0 Å². The molecule has 2 aliphatic carbocycles. The molecule has 18 heavy (non-hydrogen) atoms. The van der Waals surface area contributed by atoms with E-state index in [1.807, 2.05) is 4.90 Å². The van der Waals surface area contributed by atoms with Crippen molar-refractivity contribution in [1.29, 1.82) is 0 Å². The van der Waals surface area contributed by atoms with Crippen molar-refractivity contribution in [1.82, 2.24) is 4.90 Å². The summed E-state index contributed by atoms with van der Waals surface area (Å²) in [7, 11) is 0. The van der Waals surface area contributed by atoms with E-state index in [-0.39, 0.29) is 22.9 Å². The quantitative estimate of drug-likeness (QED) is 0.773. The van der Waals surface area contributed by atoms with Gasteiger partial charge in [0.2, 0.25) is 5.91 Å². The number of hydrogen-bond acceptors (Lipinski definition) is 2. The van der Waals surface area contributed by atoms with Gasteiger partial charge in [0.25, 0.3) is 0 Å². The molecular weight excluding hydrogens is 226 g/mol. The highest BCUT2D eigenvalue weighted by molar-refractivity contribution is 5.84. The molecule has 3 nitrogen and oxygen atoms in total. The third-order valence-electron chi connectivity index (χ3n) is 6.40. The molecule has 0 bridgehead atoms. The Balaban J connectivity index is 1.70. The molecule has 0 spiro atoms. The molecule has 3 heteroatoms. The van der Waals surface area contributed by atoms with Gasteiger partial charge in [-0.2, -0.15) is 0 Å². The molecule has 1 amide bonds. The monoisotopic (exact) mass is 251 g/mol.